The van der Waals surface area contributed by atoms with E-state index >= 15 is 0 Å². The van der Waals surface area contributed by atoms with Gasteiger partial charge in [-0.15, -0.1) is 5.10 Å². The Bertz CT molecular complexity index is 1280. The number of nitrogens with zero attached hydrogens (tertiary/aromatic N) is 6. The van der Waals surface area contributed by atoms with Crippen LogP contribution in [0.15, 0.2) is 24.3 Å². The Labute approximate surface area is 254 Å². The molecular weight excluding hydrogens is 611 g/mol. The summed E-state index contributed by atoms with van der Waals surface area (Å²) in [5.74, 6) is -1.41. The Hall–Kier alpha value is -3.06. The van der Waals surface area contributed by atoms with Crippen molar-refractivity contribution in [2.45, 2.75) is 58.0 Å². The number of ether oxygens (including phenoxy) is 2. The molecule has 2 atom stereocenters. The molecule has 13 heteroatoms. The number of halogens is 2. The van der Waals surface area contributed by atoms with Crippen molar-refractivity contribution in [3.63, 3.8) is 0 Å². The van der Waals surface area contributed by atoms with Crippen LogP contribution in [0.25, 0.3) is 5.69 Å². The van der Waals surface area contributed by atoms with E-state index in [0.717, 1.165) is 0 Å². The highest BCUT2D eigenvalue weighted by molar-refractivity contribution is 9.08. The summed E-state index contributed by atoms with van der Waals surface area (Å²) in [6.45, 7) is 12.0. The van der Waals surface area contributed by atoms with Gasteiger partial charge in [0.2, 0.25) is 5.91 Å². The lowest BCUT2D eigenvalue weighted by molar-refractivity contribution is -0.142. The molecule has 3 heterocycles. The summed E-state index contributed by atoms with van der Waals surface area (Å²) < 4.78 is 27.1. The fraction of sp³-hybridized carbons (Fsp3) is 0.621. The molecule has 0 saturated carbocycles. The average Bonchev–Trinajstić information content (AvgIpc) is 3.38. The molecule has 11 nitrogen and oxygen atoms in total. The highest BCUT2D eigenvalue weighted by atomic mass is 79.9. The Balaban J connectivity index is 1.68. The molecule has 1 aromatic carbocycles. The van der Waals surface area contributed by atoms with Gasteiger partial charge in [0.1, 0.15) is 17.1 Å². The highest BCUT2D eigenvalue weighted by Gasteiger charge is 2.42. The van der Waals surface area contributed by atoms with E-state index in [-0.39, 0.29) is 41.6 Å². The fourth-order valence-electron chi connectivity index (χ4n) is 5.33. The quantitative estimate of drug-likeness (QED) is 0.418. The van der Waals surface area contributed by atoms with Gasteiger partial charge in [-0.1, -0.05) is 47.1 Å². The minimum atomic E-state index is -0.725. The van der Waals surface area contributed by atoms with Crippen LogP contribution in [-0.2, 0) is 19.6 Å². The molecule has 230 valence electrons. The summed E-state index contributed by atoms with van der Waals surface area (Å²) >= 11 is 3.43. The molecule has 2 aliphatic rings. The number of alkyl halides is 1. The molecule has 1 aromatic heterocycles. The predicted octanol–water partition coefficient (Wildman–Crippen LogP) is 3.88. The first-order valence-electron chi connectivity index (χ1n) is 14.3. The minimum absolute atomic E-state index is 0.0693. The Morgan fingerprint density at radius 2 is 1.83 bits per heavy atom. The van der Waals surface area contributed by atoms with E-state index in [9.17, 15) is 18.8 Å². The Kier molecular flexibility index (Phi) is 10.2. The maximum absolute atomic E-state index is 14.6. The third-order valence-electron chi connectivity index (χ3n) is 7.19. The van der Waals surface area contributed by atoms with Crippen LogP contribution in [-0.4, -0.2) is 105 Å². The highest BCUT2D eigenvalue weighted by Crippen LogP contribution is 2.28. The summed E-state index contributed by atoms with van der Waals surface area (Å²) in [4.78, 5) is 46.1. The lowest BCUT2D eigenvalue weighted by Crippen LogP contribution is -2.58. The van der Waals surface area contributed by atoms with Crippen LogP contribution in [0, 0.1) is 17.7 Å². The summed E-state index contributed by atoms with van der Waals surface area (Å²) in [6.07, 6.45) is -0.158. The second-order valence-corrected chi connectivity index (χ2v) is 12.7. The zero-order valence-electron chi connectivity index (χ0n) is 24.9. The Morgan fingerprint density at radius 3 is 2.45 bits per heavy atom. The van der Waals surface area contributed by atoms with Gasteiger partial charge in [0.05, 0.1) is 30.9 Å². The third-order valence-corrected chi connectivity index (χ3v) is 7.72. The van der Waals surface area contributed by atoms with E-state index < -0.39 is 35.4 Å². The molecule has 0 aliphatic carbocycles. The number of hydrogen-bond donors (Lipinski definition) is 0. The van der Waals surface area contributed by atoms with E-state index in [1.165, 1.54) is 15.6 Å². The molecule has 2 aromatic rings. The summed E-state index contributed by atoms with van der Waals surface area (Å²) in [7, 11) is 0. The molecule has 3 amide bonds. The van der Waals surface area contributed by atoms with Crippen molar-refractivity contribution in [3.05, 3.63) is 41.5 Å². The lowest BCUT2D eigenvalue weighted by Gasteiger charge is -2.44. The van der Waals surface area contributed by atoms with Crippen molar-refractivity contribution in [2.75, 3.05) is 45.9 Å². The van der Waals surface area contributed by atoms with Crippen molar-refractivity contribution in [3.8, 4) is 5.69 Å². The van der Waals surface area contributed by atoms with Gasteiger partial charge >= 0.3 is 6.09 Å². The van der Waals surface area contributed by atoms with E-state index in [1.807, 2.05) is 13.8 Å². The number of amides is 3. The number of rotatable bonds is 7. The van der Waals surface area contributed by atoms with Crippen molar-refractivity contribution in [2.24, 2.45) is 11.8 Å². The zero-order valence-corrected chi connectivity index (χ0v) is 26.5. The van der Waals surface area contributed by atoms with Crippen LogP contribution in [0.1, 0.15) is 57.2 Å². The van der Waals surface area contributed by atoms with Crippen LogP contribution in [0.4, 0.5) is 9.18 Å². The normalized spacial score (nSPS) is 19.6. The molecule has 42 heavy (non-hydrogen) atoms. The van der Waals surface area contributed by atoms with Crippen molar-refractivity contribution >= 4 is 33.8 Å². The maximum atomic E-state index is 14.6. The number of carbonyl (C=O) groups is 3. The molecule has 0 radical (unpaired) electrons. The number of piperidine rings is 1. The van der Waals surface area contributed by atoms with E-state index in [1.54, 1.807) is 48.8 Å². The van der Waals surface area contributed by atoms with Crippen LogP contribution in [0.2, 0.25) is 0 Å². The smallest absolute Gasteiger partial charge is 0.410 e. The van der Waals surface area contributed by atoms with Crippen molar-refractivity contribution in [1.82, 2.24) is 29.7 Å². The number of aromatic nitrogens is 3. The first-order valence-corrected chi connectivity index (χ1v) is 15.4. The summed E-state index contributed by atoms with van der Waals surface area (Å²) in [5.41, 5.74) is -0.0587. The maximum Gasteiger partial charge on any atom is 0.410 e. The van der Waals surface area contributed by atoms with E-state index in [4.69, 9.17) is 9.47 Å². The number of para-hydroxylation sites is 1. The van der Waals surface area contributed by atoms with Crippen LogP contribution in [0.3, 0.4) is 0 Å². The number of likely N-dealkylation sites (tertiary alicyclic amines) is 1. The summed E-state index contributed by atoms with van der Waals surface area (Å²) in [5, 5.41) is 8.52. The van der Waals surface area contributed by atoms with Gasteiger partial charge in [0.25, 0.3) is 5.91 Å². The standard InChI is InChI=1S/C29H40BrFN6O5/c1-19(2)16-36(27(39)25-24(15-30)37(33-32-25)23-9-7-6-8-22(23)31)21-14-20(26(38)34-10-12-41-13-11-34)17-35(18-21)28(40)42-29(3,4)5/h6-9,19-21H,10-18H2,1-5H3/t20-,21+/m1/s1. The number of hydrogen-bond acceptors (Lipinski definition) is 7. The van der Waals surface area contributed by atoms with Gasteiger partial charge in [0, 0.05) is 38.1 Å². The monoisotopic (exact) mass is 650 g/mol. The van der Waals surface area contributed by atoms with Crippen molar-refractivity contribution < 1.29 is 28.2 Å². The zero-order chi connectivity index (χ0) is 30.6. The number of benzene rings is 1. The lowest BCUT2D eigenvalue weighted by atomic mass is 9.91. The van der Waals surface area contributed by atoms with Gasteiger partial charge < -0.3 is 24.2 Å². The average molecular weight is 652 g/mol. The molecule has 0 bridgehead atoms. The molecule has 2 fully saturated rings. The van der Waals surface area contributed by atoms with Crippen LogP contribution < -0.4 is 0 Å². The molecular formula is C29H40BrFN6O5. The third kappa shape index (κ3) is 7.47. The molecule has 0 N–H and O–H groups in total. The Morgan fingerprint density at radius 1 is 1.14 bits per heavy atom. The van der Waals surface area contributed by atoms with Gasteiger partial charge in [-0.05, 0) is 45.2 Å². The number of carbonyl (C=O) groups excluding carboxylic acids is 3. The van der Waals surface area contributed by atoms with Gasteiger partial charge in [0.15, 0.2) is 5.69 Å². The van der Waals surface area contributed by atoms with Gasteiger partial charge in [-0.2, -0.15) is 0 Å². The largest absolute Gasteiger partial charge is 0.444 e. The molecule has 2 aliphatic heterocycles. The second-order valence-electron chi connectivity index (χ2n) is 12.1. The summed E-state index contributed by atoms with van der Waals surface area (Å²) in [6, 6.07) is 5.66. The molecule has 2 saturated heterocycles. The SMILES string of the molecule is CC(C)CN(C(=O)c1nnn(-c2ccccc2F)c1CBr)[C@H]1C[C@@H](C(=O)N2CCOCC2)CN(C(=O)OC(C)(C)C)C1. The van der Waals surface area contributed by atoms with Crippen molar-refractivity contribution in [1.29, 1.82) is 0 Å². The van der Waals surface area contributed by atoms with E-state index in [2.05, 4.69) is 26.2 Å². The number of morpholine rings is 1. The predicted molar refractivity (Wildman–Crippen MR) is 157 cm³/mol. The van der Waals surface area contributed by atoms with Crippen LogP contribution in [0.5, 0.6) is 0 Å². The molecule has 0 unspecified atom stereocenters. The molecule has 0 spiro atoms. The molecule has 4 rings (SSSR count). The van der Waals surface area contributed by atoms with Gasteiger partial charge in [-0.25, -0.2) is 13.9 Å². The second kappa shape index (κ2) is 13.5. The van der Waals surface area contributed by atoms with Gasteiger partial charge in [-0.3, -0.25) is 9.59 Å². The van der Waals surface area contributed by atoms with Crippen LogP contribution >= 0.6 is 15.9 Å². The topological polar surface area (TPSA) is 110 Å². The minimum Gasteiger partial charge on any atom is -0.444 e. The first-order chi connectivity index (χ1) is 19.9. The van der Waals surface area contributed by atoms with E-state index in [0.29, 0.717) is 45.0 Å². The first kappa shape index (κ1) is 31.9. The fourth-order valence-corrected chi connectivity index (χ4v) is 5.83.